The molecule has 0 saturated heterocycles. The molecule has 4 aliphatic carbocycles. The topological polar surface area (TPSA) is 13.1 Å². The second kappa shape index (κ2) is 5.26. The number of furan rings is 2. The molecule has 0 aliphatic heterocycles. The first-order valence-corrected chi connectivity index (χ1v) is 11.5. The molecular weight excluding hydrogens is 376 g/mol. The maximum absolute atomic E-state index is 6.33. The van der Waals surface area contributed by atoms with Crippen LogP contribution >= 0.6 is 0 Å². The van der Waals surface area contributed by atoms with Crippen LogP contribution in [0.3, 0.4) is 0 Å². The summed E-state index contributed by atoms with van der Waals surface area (Å²) in [6.07, 6.45) is 14.6. The highest BCUT2D eigenvalue weighted by molar-refractivity contribution is 5.92. The van der Waals surface area contributed by atoms with Crippen molar-refractivity contribution in [2.45, 2.75) is 55.4 Å². The molecular formula is C30H32O. The van der Waals surface area contributed by atoms with Crippen molar-refractivity contribution >= 4 is 22.3 Å². The number of fused-ring (bicyclic) bond motifs is 5. The highest BCUT2D eigenvalue weighted by Gasteiger charge is 2.58. The first-order valence-electron chi connectivity index (χ1n) is 11.5. The molecule has 31 heavy (non-hydrogen) atoms. The van der Waals surface area contributed by atoms with Crippen molar-refractivity contribution in [2.75, 3.05) is 0 Å². The highest BCUT2D eigenvalue weighted by atomic mass is 16.3. The van der Waals surface area contributed by atoms with Gasteiger partial charge >= 0.3 is 0 Å². The van der Waals surface area contributed by atoms with Crippen LogP contribution in [0.5, 0.6) is 0 Å². The van der Waals surface area contributed by atoms with Gasteiger partial charge < -0.3 is 4.42 Å². The molecule has 1 heteroatoms. The molecule has 1 nitrogen and oxygen atoms in total. The van der Waals surface area contributed by atoms with Crippen molar-refractivity contribution in [1.29, 1.82) is 0 Å². The monoisotopic (exact) mass is 408 g/mol. The second-order valence-electron chi connectivity index (χ2n) is 12.2. The van der Waals surface area contributed by atoms with Gasteiger partial charge in [0.05, 0.1) is 0 Å². The Morgan fingerprint density at radius 3 is 1.35 bits per heavy atom. The molecule has 6 rings (SSSR count). The van der Waals surface area contributed by atoms with E-state index in [0.29, 0.717) is 0 Å². The minimum Gasteiger partial charge on any atom is -0.456 e. The summed E-state index contributed by atoms with van der Waals surface area (Å²) in [5.41, 5.74) is 10.5. The fraction of sp³-hybridized carbons (Fsp3) is 0.400. The molecule has 2 aromatic rings. The van der Waals surface area contributed by atoms with E-state index in [4.69, 9.17) is 4.42 Å². The van der Waals surface area contributed by atoms with E-state index in [2.05, 4.69) is 104 Å². The van der Waals surface area contributed by atoms with Crippen molar-refractivity contribution in [3.8, 4) is 0 Å². The summed E-state index contributed by atoms with van der Waals surface area (Å²) < 4.78 is 6.33. The summed E-state index contributed by atoms with van der Waals surface area (Å²) in [5, 5.41) is 2.64. The molecule has 0 N–H and O–H groups in total. The third kappa shape index (κ3) is 2.08. The minimum atomic E-state index is -0.119. The van der Waals surface area contributed by atoms with Crippen LogP contribution in [0.15, 0.2) is 75.3 Å². The summed E-state index contributed by atoms with van der Waals surface area (Å²) in [5.74, 6) is 0. The van der Waals surface area contributed by atoms with Crippen LogP contribution in [0.25, 0.3) is 22.3 Å². The lowest BCUT2D eigenvalue weighted by Crippen LogP contribution is -2.54. The zero-order chi connectivity index (χ0) is 22.1. The standard InChI is InChI=1S/C30H32O/c1-27(2,3)19-13-17-9-10-18-14-20(28(4,5)6)16-22-26-24-12-11-23(31-24)25(26)21(15-19)29(17,7)30(18,22)8/h9-16H,1-8H3/t29-,30+. The lowest BCUT2D eigenvalue weighted by atomic mass is 9.45. The zero-order valence-corrected chi connectivity index (χ0v) is 20.0. The molecule has 0 amide bonds. The van der Waals surface area contributed by atoms with Crippen LogP contribution in [0.1, 0.15) is 55.4 Å². The van der Waals surface area contributed by atoms with E-state index in [-0.39, 0.29) is 21.7 Å². The number of hydrogen-bond acceptors (Lipinski definition) is 1. The highest BCUT2D eigenvalue weighted by Crippen LogP contribution is 2.66. The number of hydrogen-bond donors (Lipinski definition) is 0. The summed E-state index contributed by atoms with van der Waals surface area (Å²) in [7, 11) is 0. The maximum Gasteiger partial charge on any atom is 0.135 e. The van der Waals surface area contributed by atoms with Gasteiger partial charge in [-0.2, -0.15) is 0 Å². The molecule has 158 valence electrons. The van der Waals surface area contributed by atoms with Gasteiger partial charge in [0.2, 0.25) is 0 Å². The molecule has 2 aromatic heterocycles. The van der Waals surface area contributed by atoms with Gasteiger partial charge in [0, 0.05) is 21.3 Å². The predicted octanol–water partition coefficient (Wildman–Crippen LogP) is 6.59. The van der Waals surface area contributed by atoms with Crippen LogP contribution in [0.2, 0.25) is 0 Å². The van der Waals surface area contributed by atoms with Crippen molar-refractivity contribution in [3.05, 3.63) is 81.3 Å². The lowest BCUT2D eigenvalue weighted by Gasteiger charge is -2.57. The first-order chi connectivity index (χ1) is 14.4. The van der Waals surface area contributed by atoms with E-state index < -0.39 is 0 Å². The largest absolute Gasteiger partial charge is 0.456 e. The average Bonchev–Trinajstić information content (AvgIpc) is 3.26. The van der Waals surface area contributed by atoms with Crippen LogP contribution in [0.4, 0.5) is 0 Å². The van der Waals surface area contributed by atoms with Crippen LogP contribution in [0, 0.1) is 21.7 Å². The predicted molar refractivity (Wildman–Crippen MR) is 130 cm³/mol. The van der Waals surface area contributed by atoms with Gasteiger partial charge in [-0.05, 0) is 56.4 Å². The van der Waals surface area contributed by atoms with Crippen molar-refractivity contribution in [2.24, 2.45) is 21.7 Å². The average molecular weight is 409 g/mol. The third-order valence-corrected chi connectivity index (χ3v) is 8.52. The third-order valence-electron chi connectivity index (χ3n) is 8.52. The van der Waals surface area contributed by atoms with Crippen molar-refractivity contribution in [1.82, 2.24) is 0 Å². The summed E-state index contributed by atoms with van der Waals surface area (Å²) >= 11 is 0. The lowest BCUT2D eigenvalue weighted by molar-refractivity contribution is 0.298. The number of rotatable bonds is 0. The smallest absolute Gasteiger partial charge is 0.135 e. The fourth-order valence-electron chi connectivity index (χ4n) is 6.24. The van der Waals surface area contributed by atoms with Gasteiger partial charge in [0.1, 0.15) is 11.2 Å². The summed E-state index contributed by atoms with van der Waals surface area (Å²) in [6, 6.07) is 4.31. The molecule has 0 fully saturated rings. The number of allylic oxidation sites excluding steroid dienone is 10. The Bertz CT molecular complexity index is 1340. The van der Waals surface area contributed by atoms with E-state index >= 15 is 0 Å². The van der Waals surface area contributed by atoms with Crippen LogP contribution in [-0.2, 0) is 0 Å². The van der Waals surface area contributed by atoms with Crippen molar-refractivity contribution < 1.29 is 4.42 Å². The second-order valence-corrected chi connectivity index (χ2v) is 12.2. The molecule has 0 aromatic carbocycles. The molecule has 0 unspecified atom stereocenters. The minimum absolute atomic E-state index is 0.0922. The molecule has 2 bridgehead atoms. The Balaban J connectivity index is 1.88. The van der Waals surface area contributed by atoms with Gasteiger partial charge in [-0.3, -0.25) is 0 Å². The Morgan fingerprint density at radius 2 is 1.00 bits per heavy atom. The fourth-order valence-corrected chi connectivity index (χ4v) is 6.24. The summed E-state index contributed by atoms with van der Waals surface area (Å²) in [4.78, 5) is 0. The van der Waals surface area contributed by atoms with E-state index in [1.54, 1.807) is 0 Å². The molecule has 0 spiro atoms. The quantitative estimate of drug-likeness (QED) is 0.479. The van der Waals surface area contributed by atoms with Gasteiger partial charge in [0.15, 0.2) is 0 Å². The van der Waals surface area contributed by atoms with E-state index in [1.807, 2.05) is 0 Å². The molecule has 4 aliphatic rings. The normalized spacial score (nSPS) is 29.4. The summed E-state index contributed by atoms with van der Waals surface area (Å²) in [6.45, 7) is 18.8. The number of benzene rings is 1. The Hall–Kier alpha value is -2.54. The van der Waals surface area contributed by atoms with E-state index in [0.717, 1.165) is 11.2 Å². The van der Waals surface area contributed by atoms with Crippen molar-refractivity contribution in [3.63, 3.8) is 0 Å². The Morgan fingerprint density at radius 1 is 0.613 bits per heavy atom. The van der Waals surface area contributed by atoms with E-state index in [9.17, 15) is 0 Å². The van der Waals surface area contributed by atoms with Crippen LogP contribution < -0.4 is 10.4 Å². The van der Waals surface area contributed by atoms with E-state index in [1.165, 1.54) is 43.9 Å². The van der Waals surface area contributed by atoms with Gasteiger partial charge in [-0.25, -0.2) is 0 Å². The Labute approximate surface area is 185 Å². The van der Waals surface area contributed by atoms with Crippen LogP contribution in [-0.4, -0.2) is 0 Å². The Kier molecular flexibility index (Phi) is 3.25. The maximum atomic E-state index is 6.33. The SMILES string of the molecule is CC(C)(C)C1=CC2=c3c(c4ccc3o4)=C3C=C(C(C)(C)C)C=C4C=CC(=C1)[C@]2(C)[C@]43C. The zero-order valence-electron chi connectivity index (χ0n) is 20.0. The molecule has 0 radical (unpaired) electrons. The van der Waals surface area contributed by atoms with Gasteiger partial charge in [-0.1, -0.05) is 91.8 Å². The molecule has 2 atom stereocenters. The van der Waals surface area contributed by atoms with Gasteiger partial charge in [-0.15, -0.1) is 0 Å². The molecule has 2 heterocycles. The van der Waals surface area contributed by atoms with Gasteiger partial charge in [0.25, 0.3) is 0 Å². The molecule has 0 saturated carbocycles. The first kappa shape index (κ1) is 19.2.